The highest BCUT2D eigenvalue weighted by molar-refractivity contribution is 4.97. The van der Waals surface area contributed by atoms with Gasteiger partial charge in [0.15, 0.2) is 25.2 Å². The second-order valence-electron chi connectivity index (χ2n) is 19.9. The quantitative estimate of drug-likeness (QED) is 0.0507. The number of aliphatic hydroxyl groups excluding tert-OH is 14. The average molecular weight is 973 g/mol. The first-order valence-electron chi connectivity index (χ1n) is 24.6. The van der Waals surface area contributed by atoms with E-state index < -0.39 is 155 Å². The third kappa shape index (κ3) is 13.8. The van der Waals surface area contributed by atoms with Crippen molar-refractivity contribution in [2.24, 2.45) is 17.3 Å². The van der Waals surface area contributed by atoms with Crippen LogP contribution in [0.4, 0.5) is 0 Å². The number of ether oxygens (including phenoxy) is 8. The van der Waals surface area contributed by atoms with E-state index in [1.54, 1.807) is 0 Å². The fourth-order valence-corrected chi connectivity index (χ4v) is 10.8. The summed E-state index contributed by atoms with van der Waals surface area (Å²) in [5, 5.41) is 148. The molecule has 0 aromatic carbocycles. The summed E-state index contributed by atoms with van der Waals surface area (Å²) in [4.78, 5) is 0. The van der Waals surface area contributed by atoms with Gasteiger partial charge in [0.05, 0.1) is 39.6 Å². The predicted molar refractivity (Wildman–Crippen MR) is 228 cm³/mol. The summed E-state index contributed by atoms with van der Waals surface area (Å²) in [7, 11) is 0. The maximum absolute atomic E-state index is 11.5. The first-order chi connectivity index (χ1) is 32.1. The third-order valence-corrected chi connectivity index (χ3v) is 15.1. The largest absolute Gasteiger partial charge is 0.394 e. The van der Waals surface area contributed by atoms with Crippen LogP contribution in [-0.4, -0.2) is 234 Å². The van der Waals surface area contributed by atoms with E-state index in [1.807, 2.05) is 0 Å². The van der Waals surface area contributed by atoms with Gasteiger partial charge in [-0.1, -0.05) is 89.9 Å². The lowest BCUT2D eigenvalue weighted by atomic mass is 9.76. The summed E-state index contributed by atoms with van der Waals surface area (Å²) < 4.78 is 47.2. The van der Waals surface area contributed by atoms with Crippen molar-refractivity contribution in [1.82, 2.24) is 0 Å². The van der Waals surface area contributed by atoms with E-state index >= 15 is 0 Å². The van der Waals surface area contributed by atoms with Crippen LogP contribution in [0.3, 0.4) is 0 Å². The molecule has 4 heterocycles. The van der Waals surface area contributed by atoms with E-state index in [4.69, 9.17) is 37.9 Å². The highest BCUT2D eigenvalue weighted by Crippen LogP contribution is 2.40. The molecule has 0 bridgehead atoms. The van der Waals surface area contributed by atoms with Gasteiger partial charge in [0.1, 0.15) is 97.7 Å². The number of hydrogen-bond acceptors (Lipinski definition) is 22. The Labute approximate surface area is 391 Å². The molecule has 392 valence electrons. The molecule has 0 radical (unpaired) electrons. The van der Waals surface area contributed by atoms with Crippen molar-refractivity contribution in [3.05, 3.63) is 0 Å². The molecule has 20 atom stereocenters. The minimum Gasteiger partial charge on any atom is -0.394 e. The molecule has 14 N–H and O–H groups in total. The van der Waals surface area contributed by atoms with E-state index in [9.17, 15) is 71.5 Å². The fraction of sp³-hybridized carbons (Fsp3) is 1.00. The molecule has 4 saturated heterocycles. The molecular weight excluding hydrogens is 892 g/mol. The van der Waals surface area contributed by atoms with Crippen molar-refractivity contribution >= 4 is 0 Å². The van der Waals surface area contributed by atoms with Crippen LogP contribution in [0.25, 0.3) is 0 Å². The molecule has 6 rings (SSSR count). The van der Waals surface area contributed by atoms with Gasteiger partial charge in [0, 0.05) is 5.41 Å². The number of hydrogen-bond donors (Lipinski definition) is 14. The van der Waals surface area contributed by atoms with Crippen LogP contribution in [0.2, 0.25) is 0 Å². The van der Waals surface area contributed by atoms with Crippen LogP contribution in [0.1, 0.15) is 103 Å². The van der Waals surface area contributed by atoms with Gasteiger partial charge in [-0.05, 0) is 24.7 Å². The Morgan fingerprint density at radius 3 is 1.04 bits per heavy atom. The topological polar surface area (TPSA) is 357 Å². The average Bonchev–Trinajstić information content (AvgIpc) is 3.34. The lowest BCUT2D eigenvalue weighted by Crippen LogP contribution is -2.65. The highest BCUT2D eigenvalue weighted by atomic mass is 16.8. The van der Waals surface area contributed by atoms with Gasteiger partial charge < -0.3 is 109 Å². The van der Waals surface area contributed by atoms with Crippen molar-refractivity contribution in [3.8, 4) is 0 Å². The molecule has 0 aromatic rings. The zero-order valence-corrected chi connectivity index (χ0v) is 38.3. The summed E-state index contributed by atoms with van der Waals surface area (Å²) in [6.45, 7) is -3.23. The summed E-state index contributed by atoms with van der Waals surface area (Å²) in [5.74, 6) is 1.06. The van der Waals surface area contributed by atoms with E-state index in [0.29, 0.717) is 24.7 Å². The summed E-state index contributed by atoms with van der Waals surface area (Å²) in [5.41, 5.74) is -0.859. The lowest BCUT2D eigenvalue weighted by Gasteiger charge is -2.47. The van der Waals surface area contributed by atoms with Crippen LogP contribution in [0.5, 0.6) is 0 Å². The fourth-order valence-electron chi connectivity index (χ4n) is 10.8. The molecule has 0 spiro atoms. The number of rotatable bonds is 22. The van der Waals surface area contributed by atoms with E-state index in [1.165, 1.54) is 12.8 Å². The second-order valence-corrected chi connectivity index (χ2v) is 19.9. The van der Waals surface area contributed by atoms with E-state index in [0.717, 1.165) is 77.0 Å². The van der Waals surface area contributed by atoms with Gasteiger partial charge in [-0.25, -0.2) is 0 Å². The maximum atomic E-state index is 11.5. The number of aliphatic hydroxyl groups is 14. The molecule has 4 aliphatic heterocycles. The Hall–Kier alpha value is -0.880. The zero-order chi connectivity index (χ0) is 48.4. The van der Waals surface area contributed by atoms with Gasteiger partial charge in [-0.3, -0.25) is 0 Å². The summed E-state index contributed by atoms with van der Waals surface area (Å²) in [6, 6.07) is 0. The van der Waals surface area contributed by atoms with Gasteiger partial charge in [0.2, 0.25) is 0 Å². The molecule has 6 fully saturated rings. The smallest absolute Gasteiger partial charge is 0.187 e. The van der Waals surface area contributed by atoms with Crippen molar-refractivity contribution in [3.63, 3.8) is 0 Å². The predicted octanol–water partition coefficient (Wildman–Crippen LogP) is -3.24. The van der Waals surface area contributed by atoms with Crippen molar-refractivity contribution in [2.45, 2.75) is 226 Å². The van der Waals surface area contributed by atoms with E-state index in [2.05, 4.69) is 0 Å². The van der Waals surface area contributed by atoms with Crippen LogP contribution in [0.15, 0.2) is 0 Å². The van der Waals surface area contributed by atoms with Gasteiger partial charge in [-0.2, -0.15) is 0 Å². The molecule has 67 heavy (non-hydrogen) atoms. The Morgan fingerprint density at radius 1 is 0.373 bits per heavy atom. The first kappa shape index (κ1) is 55.4. The maximum Gasteiger partial charge on any atom is 0.187 e. The van der Waals surface area contributed by atoms with Crippen LogP contribution in [0, 0.1) is 17.3 Å². The van der Waals surface area contributed by atoms with Gasteiger partial charge in [0.25, 0.3) is 0 Å². The molecule has 22 heteroatoms. The van der Waals surface area contributed by atoms with Crippen LogP contribution < -0.4 is 0 Å². The first-order valence-corrected chi connectivity index (χ1v) is 24.6. The normalized spacial score (nSPS) is 43.1. The Balaban J connectivity index is 1.19. The van der Waals surface area contributed by atoms with Crippen molar-refractivity contribution < 1.29 is 109 Å². The Kier molecular flexibility index (Phi) is 21.7. The molecular formula is C45H80O22. The third-order valence-electron chi connectivity index (χ3n) is 15.1. The summed E-state index contributed by atoms with van der Waals surface area (Å²) in [6.07, 6.45) is -16.7. The molecule has 22 nitrogen and oxygen atoms in total. The molecule has 2 saturated carbocycles. The minimum absolute atomic E-state index is 0.120. The molecule has 6 aliphatic rings. The monoisotopic (exact) mass is 973 g/mol. The van der Waals surface area contributed by atoms with Crippen molar-refractivity contribution in [2.75, 3.05) is 39.6 Å². The highest BCUT2D eigenvalue weighted by Gasteiger charge is 2.53. The minimum atomic E-state index is -1.83. The SMILES string of the molecule is OCC1O[C@H](O[C@@H]2C(CO)O[C@@H](OCC(CCCC3CCCCC3)(CCCC3CCCCC3)CO[C@@H]3OC(CO)[C@@H](O[C@H]4OC(CO)[C@@H](O)[C@H](O)C4O)[C@H](O)C3O)C(O)[C@H]2O)C(O)[C@@H](O)[C@@H]1O. The standard InChI is InChI=1S/C45H80O22/c46-17-25-29(50)31(52)35(56)43(62-25)66-39-27(19-48)64-41(37(58)33(39)54)60-21-45(15-7-13-23-9-3-1-4-10-23,16-8-14-24-11-5-2-6-12-24)22-61-42-38(59)34(55)40(28(20-49)65-42)67-44-36(57)32(53)30(51)26(18-47)63-44/h23-44,46-59H,1-22H2/t25?,26?,27?,28?,29-,30-,31+,32+,33-,34-,35?,36?,37?,38?,39-,40-,41-,42-,43-,44-/m1/s1. The molecule has 0 aromatic heterocycles. The summed E-state index contributed by atoms with van der Waals surface area (Å²) >= 11 is 0. The molecule has 0 amide bonds. The molecule has 8 unspecified atom stereocenters. The molecule has 2 aliphatic carbocycles. The lowest BCUT2D eigenvalue weighted by molar-refractivity contribution is -0.365. The van der Waals surface area contributed by atoms with Crippen LogP contribution in [-0.2, 0) is 37.9 Å². The second kappa shape index (κ2) is 26.2. The van der Waals surface area contributed by atoms with Gasteiger partial charge in [-0.15, -0.1) is 0 Å². The van der Waals surface area contributed by atoms with Crippen LogP contribution >= 0.6 is 0 Å². The Bertz CT molecular complexity index is 1300. The van der Waals surface area contributed by atoms with E-state index in [-0.39, 0.29) is 13.2 Å². The zero-order valence-electron chi connectivity index (χ0n) is 38.3. The van der Waals surface area contributed by atoms with Crippen molar-refractivity contribution in [1.29, 1.82) is 0 Å². The Morgan fingerprint density at radius 2 is 0.701 bits per heavy atom. The van der Waals surface area contributed by atoms with Gasteiger partial charge >= 0.3 is 0 Å².